The highest BCUT2D eigenvalue weighted by Gasteiger charge is 2.23. The van der Waals surface area contributed by atoms with Gasteiger partial charge in [0.2, 0.25) is 0 Å². The molecule has 0 radical (unpaired) electrons. The Morgan fingerprint density at radius 2 is 1.94 bits per heavy atom. The topological polar surface area (TPSA) is 85.6 Å². The number of amides is 1. The lowest BCUT2D eigenvalue weighted by Gasteiger charge is -2.14. The number of nitrogens with one attached hydrogen (secondary N) is 1. The average molecular weight is 505 g/mol. The van der Waals surface area contributed by atoms with Gasteiger partial charge in [-0.25, -0.2) is 10.4 Å². The van der Waals surface area contributed by atoms with Gasteiger partial charge in [0.1, 0.15) is 10.6 Å². The van der Waals surface area contributed by atoms with Gasteiger partial charge < -0.3 is 4.74 Å². The zero-order valence-corrected chi connectivity index (χ0v) is 20.8. The van der Waals surface area contributed by atoms with Crippen LogP contribution in [0.4, 0.5) is 0 Å². The minimum Gasteiger partial charge on any atom is -0.497 e. The van der Waals surface area contributed by atoms with E-state index in [4.69, 9.17) is 9.72 Å². The summed E-state index contributed by atoms with van der Waals surface area (Å²) in [5.74, 6) is 0.502. The number of hydrogen-bond donors (Lipinski definition) is 1. The molecule has 0 unspecified atom stereocenters. The van der Waals surface area contributed by atoms with Crippen molar-refractivity contribution in [3.05, 3.63) is 81.0 Å². The first-order chi connectivity index (χ1) is 17.1. The number of rotatable bonds is 7. The van der Waals surface area contributed by atoms with Gasteiger partial charge in [-0.3, -0.25) is 14.2 Å². The lowest BCUT2D eigenvalue weighted by Crippen LogP contribution is -2.24. The van der Waals surface area contributed by atoms with E-state index in [2.05, 4.69) is 10.5 Å². The van der Waals surface area contributed by atoms with E-state index in [1.54, 1.807) is 29.2 Å². The molecule has 1 aliphatic carbocycles. The molecule has 4 aromatic rings. The maximum Gasteiger partial charge on any atom is 0.267 e. The molecule has 2 heterocycles. The molecular formula is C26H24N4O3S2. The van der Waals surface area contributed by atoms with Crippen LogP contribution in [0.2, 0.25) is 0 Å². The van der Waals surface area contributed by atoms with Gasteiger partial charge in [0.25, 0.3) is 11.5 Å². The average Bonchev–Trinajstić information content (AvgIpc) is 3.27. The second-order valence-corrected chi connectivity index (χ2v) is 10.1. The summed E-state index contributed by atoms with van der Waals surface area (Å²) in [6.45, 7) is 0. The first-order valence-electron chi connectivity index (χ1n) is 11.4. The number of hydrazone groups is 1. The molecule has 0 aliphatic heterocycles. The number of thioether (sulfide) groups is 1. The van der Waals surface area contributed by atoms with Crippen molar-refractivity contribution in [2.75, 3.05) is 12.9 Å². The monoisotopic (exact) mass is 504 g/mol. The quantitative estimate of drug-likeness (QED) is 0.172. The predicted molar refractivity (Wildman–Crippen MR) is 141 cm³/mol. The van der Waals surface area contributed by atoms with Gasteiger partial charge in [-0.2, -0.15) is 5.10 Å². The molecule has 0 saturated heterocycles. The Morgan fingerprint density at radius 1 is 1.17 bits per heavy atom. The molecule has 0 fully saturated rings. The number of methoxy groups -OCH3 is 1. The Balaban J connectivity index is 1.45. The summed E-state index contributed by atoms with van der Waals surface area (Å²) < 4.78 is 6.88. The smallest absolute Gasteiger partial charge is 0.267 e. The highest BCUT2D eigenvalue weighted by atomic mass is 32.2. The summed E-state index contributed by atoms with van der Waals surface area (Å²) in [6, 6.07) is 16.8. The van der Waals surface area contributed by atoms with Crippen LogP contribution in [-0.4, -0.2) is 34.5 Å². The third-order valence-electron chi connectivity index (χ3n) is 5.82. The zero-order chi connectivity index (χ0) is 24.2. The number of carbonyl (C=O) groups is 1. The summed E-state index contributed by atoms with van der Waals surface area (Å²) in [5, 5.41) is 5.22. The lowest BCUT2D eigenvalue weighted by atomic mass is 9.97. The van der Waals surface area contributed by atoms with Crippen LogP contribution in [0.25, 0.3) is 15.9 Å². The Kier molecular flexibility index (Phi) is 6.96. The van der Waals surface area contributed by atoms with Gasteiger partial charge in [0, 0.05) is 4.88 Å². The van der Waals surface area contributed by atoms with Crippen molar-refractivity contribution in [2.24, 2.45) is 5.10 Å². The van der Waals surface area contributed by atoms with Crippen molar-refractivity contribution in [1.82, 2.24) is 15.0 Å². The maximum absolute atomic E-state index is 13.8. The molecule has 35 heavy (non-hydrogen) atoms. The summed E-state index contributed by atoms with van der Waals surface area (Å²) in [4.78, 5) is 33.1. The van der Waals surface area contributed by atoms with Gasteiger partial charge in [-0.1, -0.05) is 42.1 Å². The van der Waals surface area contributed by atoms with E-state index in [0.29, 0.717) is 22.0 Å². The second-order valence-electron chi connectivity index (χ2n) is 8.12. The van der Waals surface area contributed by atoms with Crippen molar-refractivity contribution in [3.63, 3.8) is 0 Å². The molecule has 0 atom stereocenters. The number of aromatic nitrogens is 2. The van der Waals surface area contributed by atoms with Gasteiger partial charge in [-0.15, -0.1) is 11.3 Å². The number of carbonyl (C=O) groups excluding carboxylic acids is 1. The van der Waals surface area contributed by atoms with E-state index in [1.165, 1.54) is 16.6 Å². The van der Waals surface area contributed by atoms with Crippen LogP contribution in [0.15, 0.2) is 69.6 Å². The van der Waals surface area contributed by atoms with Crippen LogP contribution in [0.3, 0.4) is 0 Å². The summed E-state index contributed by atoms with van der Waals surface area (Å²) in [6.07, 6.45) is 5.71. The van der Waals surface area contributed by atoms with Crippen molar-refractivity contribution in [1.29, 1.82) is 0 Å². The second kappa shape index (κ2) is 10.5. The lowest BCUT2D eigenvalue weighted by molar-refractivity contribution is -0.118. The molecule has 0 saturated carbocycles. The SMILES string of the molecule is COc1ccc(-n2c(SCC(=O)NN=Cc3ccccc3)nc3sc4c(c3c2=O)CCCC4)cc1. The standard InChI is InChI=1S/C26H24N4O3S2/c1-33-19-13-11-18(12-14-19)30-25(32)23-20-9-5-6-10-21(20)35-24(23)28-26(30)34-16-22(31)29-27-15-17-7-3-2-4-8-17/h2-4,7-8,11-15H,5-6,9-10,16H2,1H3,(H,29,31). The molecule has 178 valence electrons. The summed E-state index contributed by atoms with van der Waals surface area (Å²) in [7, 11) is 1.60. The molecule has 1 aliphatic rings. The Hall–Kier alpha value is -3.43. The number of nitrogens with zero attached hydrogens (tertiary/aromatic N) is 3. The van der Waals surface area contributed by atoms with Gasteiger partial charge >= 0.3 is 0 Å². The van der Waals surface area contributed by atoms with E-state index in [9.17, 15) is 9.59 Å². The largest absolute Gasteiger partial charge is 0.497 e. The van der Waals surface area contributed by atoms with Crippen LogP contribution < -0.4 is 15.7 Å². The number of aryl methyl sites for hydroxylation is 2. The maximum atomic E-state index is 13.8. The third-order valence-corrected chi connectivity index (χ3v) is 7.95. The molecule has 7 nitrogen and oxygen atoms in total. The van der Waals surface area contributed by atoms with E-state index in [1.807, 2.05) is 54.6 Å². The minimum atomic E-state index is -0.275. The Bertz CT molecular complexity index is 1440. The number of hydrogen-bond acceptors (Lipinski definition) is 7. The van der Waals surface area contributed by atoms with Crippen LogP contribution in [0, 0.1) is 0 Å². The normalized spacial score (nSPS) is 13.2. The molecule has 0 spiro atoms. The molecule has 5 rings (SSSR count). The van der Waals surface area contributed by atoms with E-state index >= 15 is 0 Å². The summed E-state index contributed by atoms with van der Waals surface area (Å²) in [5.41, 5.74) is 5.17. The van der Waals surface area contributed by atoms with Crippen LogP contribution in [0.5, 0.6) is 5.75 Å². The third kappa shape index (κ3) is 5.01. The van der Waals surface area contributed by atoms with Gasteiger partial charge in [0.05, 0.1) is 30.2 Å². The molecule has 9 heteroatoms. The zero-order valence-electron chi connectivity index (χ0n) is 19.2. The minimum absolute atomic E-state index is 0.0747. The highest BCUT2D eigenvalue weighted by Crippen LogP contribution is 2.35. The summed E-state index contributed by atoms with van der Waals surface area (Å²) >= 11 is 2.82. The first-order valence-corrected chi connectivity index (χ1v) is 13.2. The predicted octanol–water partition coefficient (Wildman–Crippen LogP) is 4.58. The molecule has 1 N–H and O–H groups in total. The number of thiophene rings is 1. The van der Waals surface area contributed by atoms with E-state index < -0.39 is 0 Å². The van der Waals surface area contributed by atoms with E-state index in [0.717, 1.165) is 41.6 Å². The highest BCUT2D eigenvalue weighted by molar-refractivity contribution is 7.99. The fourth-order valence-electron chi connectivity index (χ4n) is 4.12. The van der Waals surface area contributed by atoms with Crippen LogP contribution in [-0.2, 0) is 17.6 Å². The molecule has 2 aromatic carbocycles. The fraction of sp³-hybridized carbons (Fsp3) is 0.231. The Morgan fingerprint density at radius 3 is 2.71 bits per heavy atom. The first kappa shape index (κ1) is 23.3. The van der Waals surface area contributed by atoms with Crippen molar-refractivity contribution < 1.29 is 9.53 Å². The molecule has 1 amide bonds. The number of ether oxygens (including phenoxy) is 1. The van der Waals surface area contributed by atoms with Gasteiger partial charge in [0.15, 0.2) is 5.16 Å². The Labute approximate surface area is 210 Å². The molecular weight excluding hydrogens is 480 g/mol. The van der Waals surface area contributed by atoms with Crippen molar-refractivity contribution in [2.45, 2.75) is 30.8 Å². The van der Waals surface area contributed by atoms with Gasteiger partial charge in [-0.05, 0) is 61.1 Å². The number of fused-ring (bicyclic) bond motifs is 3. The fourth-order valence-corrected chi connectivity index (χ4v) is 6.23. The molecule has 2 aromatic heterocycles. The van der Waals surface area contributed by atoms with Crippen LogP contribution >= 0.6 is 23.1 Å². The van der Waals surface area contributed by atoms with Crippen molar-refractivity contribution >= 4 is 45.4 Å². The van der Waals surface area contributed by atoms with Crippen molar-refractivity contribution in [3.8, 4) is 11.4 Å². The molecule has 0 bridgehead atoms. The number of benzene rings is 2. The van der Waals surface area contributed by atoms with Crippen LogP contribution in [0.1, 0.15) is 28.8 Å². The van der Waals surface area contributed by atoms with E-state index in [-0.39, 0.29) is 17.2 Å².